The molecule has 0 heterocycles. The van der Waals surface area contributed by atoms with Crippen LogP contribution in [0.1, 0.15) is 0 Å². The van der Waals surface area contributed by atoms with E-state index >= 15 is 0 Å². The minimum Gasteiger partial charge on any atom is -0.463 e. The molecule has 0 fully saturated rings. The first-order valence-corrected chi connectivity index (χ1v) is 3.39. The predicted molar refractivity (Wildman–Crippen MR) is 42.9 cm³/mol. The summed E-state index contributed by atoms with van der Waals surface area (Å²) in [7, 11) is -1.63. The van der Waals surface area contributed by atoms with E-state index in [1.807, 2.05) is 0 Å². The van der Waals surface area contributed by atoms with Gasteiger partial charge in [-0.2, -0.15) is 0 Å². The molecule has 1 aromatic carbocycles. The van der Waals surface area contributed by atoms with E-state index in [2.05, 4.69) is 4.74 Å². The fourth-order valence-electron chi connectivity index (χ4n) is 0.884. The molecule has 12 heavy (non-hydrogen) atoms. The molecule has 0 saturated carbocycles. The summed E-state index contributed by atoms with van der Waals surface area (Å²) in [5, 5.41) is 17.6. The third-order valence-corrected chi connectivity index (χ3v) is 1.41. The molecule has 1 rings (SSSR count). The number of alkyl halides is 1. The summed E-state index contributed by atoms with van der Waals surface area (Å²) >= 11 is 0. The first kappa shape index (κ1) is 9.03. The molecule has 3 nitrogen and oxygen atoms in total. The zero-order valence-corrected chi connectivity index (χ0v) is 6.27. The van der Waals surface area contributed by atoms with Gasteiger partial charge in [0.2, 0.25) is 6.86 Å². The topological polar surface area (TPSA) is 49.7 Å². The van der Waals surface area contributed by atoms with Crippen LogP contribution in [0, 0.1) is 0 Å². The highest BCUT2D eigenvalue weighted by Crippen LogP contribution is 2.06. The maximum absolute atomic E-state index is 11.7. The third-order valence-electron chi connectivity index (χ3n) is 1.41. The van der Waals surface area contributed by atoms with Crippen LogP contribution in [0.25, 0.3) is 0 Å². The standard InChI is InChI=1S/C7H8BFO3/c9-5-12-7-4-2-1-3-6(7)8(10)11/h1-4,10-11H,5H2. The number of benzene rings is 1. The molecular weight excluding hydrogens is 162 g/mol. The van der Waals surface area contributed by atoms with Crippen LogP contribution in [-0.2, 0) is 0 Å². The summed E-state index contributed by atoms with van der Waals surface area (Å²) in [5.74, 6) is 0.148. The van der Waals surface area contributed by atoms with Gasteiger partial charge in [-0.1, -0.05) is 18.2 Å². The SMILES string of the molecule is OB(O)c1ccccc1OCF. The van der Waals surface area contributed by atoms with Gasteiger partial charge < -0.3 is 14.8 Å². The van der Waals surface area contributed by atoms with E-state index in [4.69, 9.17) is 10.0 Å². The number of hydrogen-bond donors (Lipinski definition) is 2. The normalized spacial score (nSPS) is 9.58. The Hall–Kier alpha value is -1.07. The van der Waals surface area contributed by atoms with Crippen molar-refractivity contribution in [3.63, 3.8) is 0 Å². The predicted octanol–water partition coefficient (Wildman–Crippen LogP) is -0.328. The second kappa shape index (κ2) is 4.08. The molecule has 2 N–H and O–H groups in total. The molecule has 0 aliphatic carbocycles. The van der Waals surface area contributed by atoms with E-state index in [9.17, 15) is 4.39 Å². The van der Waals surface area contributed by atoms with Crippen molar-refractivity contribution in [2.24, 2.45) is 0 Å². The molecule has 0 saturated heterocycles. The van der Waals surface area contributed by atoms with Crippen LogP contribution in [0.4, 0.5) is 4.39 Å². The van der Waals surface area contributed by atoms with Crippen molar-refractivity contribution in [3.05, 3.63) is 24.3 Å². The maximum atomic E-state index is 11.7. The van der Waals surface area contributed by atoms with E-state index in [1.54, 1.807) is 12.1 Å². The van der Waals surface area contributed by atoms with Gasteiger partial charge in [-0.25, -0.2) is 4.39 Å². The largest absolute Gasteiger partial charge is 0.492 e. The van der Waals surface area contributed by atoms with Crippen molar-refractivity contribution in [1.29, 1.82) is 0 Å². The van der Waals surface area contributed by atoms with E-state index in [-0.39, 0.29) is 11.2 Å². The number of ether oxygens (including phenoxy) is 1. The van der Waals surface area contributed by atoms with Crippen LogP contribution in [-0.4, -0.2) is 24.0 Å². The van der Waals surface area contributed by atoms with E-state index < -0.39 is 14.0 Å². The summed E-state index contributed by atoms with van der Waals surface area (Å²) in [6, 6.07) is 6.15. The molecule has 0 radical (unpaired) electrons. The van der Waals surface area contributed by atoms with Gasteiger partial charge in [0.25, 0.3) is 0 Å². The molecule has 5 heteroatoms. The van der Waals surface area contributed by atoms with Crippen LogP contribution >= 0.6 is 0 Å². The Morgan fingerprint density at radius 2 is 2.00 bits per heavy atom. The van der Waals surface area contributed by atoms with Crippen molar-refractivity contribution in [1.82, 2.24) is 0 Å². The van der Waals surface area contributed by atoms with Crippen molar-refractivity contribution in [2.75, 3.05) is 6.86 Å². The minimum absolute atomic E-state index is 0.148. The first-order valence-electron chi connectivity index (χ1n) is 3.39. The van der Waals surface area contributed by atoms with E-state index in [1.165, 1.54) is 12.1 Å². The summed E-state index contributed by atoms with van der Waals surface area (Å²) in [5.41, 5.74) is 0.162. The highest BCUT2D eigenvalue weighted by atomic mass is 19.1. The number of para-hydroxylation sites is 1. The average Bonchev–Trinajstić information content (AvgIpc) is 2.05. The molecule has 1 aromatic rings. The van der Waals surface area contributed by atoms with E-state index in [0.29, 0.717) is 0 Å². The zero-order valence-electron chi connectivity index (χ0n) is 6.27. The molecule has 64 valence electrons. The monoisotopic (exact) mass is 170 g/mol. The maximum Gasteiger partial charge on any atom is 0.492 e. The molecule has 0 unspecified atom stereocenters. The van der Waals surface area contributed by atoms with Gasteiger partial charge in [0.05, 0.1) is 0 Å². The Kier molecular flexibility index (Phi) is 3.07. The van der Waals surface area contributed by atoms with Crippen LogP contribution in [0.3, 0.4) is 0 Å². The second-order valence-electron chi connectivity index (χ2n) is 2.16. The van der Waals surface area contributed by atoms with Gasteiger partial charge in [-0.05, 0) is 6.07 Å². The minimum atomic E-state index is -1.63. The fraction of sp³-hybridized carbons (Fsp3) is 0.143. The smallest absolute Gasteiger partial charge is 0.463 e. The van der Waals surface area contributed by atoms with Crippen LogP contribution in [0.2, 0.25) is 0 Å². The van der Waals surface area contributed by atoms with Gasteiger partial charge >= 0.3 is 7.12 Å². The van der Waals surface area contributed by atoms with Gasteiger partial charge in [-0.15, -0.1) is 0 Å². The Balaban J connectivity index is 2.92. The van der Waals surface area contributed by atoms with E-state index in [0.717, 1.165) is 0 Å². The summed E-state index contributed by atoms with van der Waals surface area (Å²) in [6.45, 7) is -0.982. The Labute approximate surface area is 69.6 Å². The second-order valence-corrected chi connectivity index (χ2v) is 2.16. The Morgan fingerprint density at radius 3 is 2.58 bits per heavy atom. The Morgan fingerprint density at radius 1 is 1.33 bits per heavy atom. The molecule has 0 bridgehead atoms. The van der Waals surface area contributed by atoms with Crippen LogP contribution in [0.5, 0.6) is 5.75 Å². The van der Waals surface area contributed by atoms with Gasteiger partial charge in [-0.3, -0.25) is 0 Å². The fourth-order valence-corrected chi connectivity index (χ4v) is 0.884. The van der Waals surface area contributed by atoms with Crippen LogP contribution < -0.4 is 10.2 Å². The summed E-state index contributed by atoms with van der Waals surface area (Å²) in [6.07, 6.45) is 0. The lowest BCUT2D eigenvalue weighted by Gasteiger charge is -2.06. The molecule has 0 aliphatic rings. The third kappa shape index (κ3) is 1.96. The molecule has 0 spiro atoms. The first-order chi connectivity index (χ1) is 5.75. The van der Waals surface area contributed by atoms with Gasteiger partial charge in [0.15, 0.2) is 0 Å². The highest BCUT2D eigenvalue weighted by molar-refractivity contribution is 6.59. The lowest BCUT2D eigenvalue weighted by atomic mass is 9.80. The number of rotatable bonds is 3. The van der Waals surface area contributed by atoms with Crippen LogP contribution in [0.15, 0.2) is 24.3 Å². The lowest BCUT2D eigenvalue weighted by molar-refractivity contribution is 0.192. The molecule has 0 amide bonds. The van der Waals surface area contributed by atoms with Crippen molar-refractivity contribution in [2.45, 2.75) is 0 Å². The Bertz CT molecular complexity index is 254. The van der Waals surface area contributed by atoms with Crippen molar-refractivity contribution < 1.29 is 19.2 Å². The number of halogens is 1. The average molecular weight is 170 g/mol. The number of hydrogen-bond acceptors (Lipinski definition) is 3. The lowest BCUT2D eigenvalue weighted by Crippen LogP contribution is -2.31. The molecular formula is C7H8BFO3. The summed E-state index contributed by atoms with van der Waals surface area (Å²) < 4.78 is 16.2. The van der Waals surface area contributed by atoms with Gasteiger partial charge in [0.1, 0.15) is 5.75 Å². The zero-order chi connectivity index (χ0) is 8.97. The molecule has 0 aliphatic heterocycles. The van der Waals surface area contributed by atoms with Gasteiger partial charge in [0, 0.05) is 5.46 Å². The molecule has 0 aromatic heterocycles. The van der Waals surface area contributed by atoms with Crippen molar-refractivity contribution in [3.8, 4) is 5.75 Å². The molecule has 0 atom stereocenters. The highest BCUT2D eigenvalue weighted by Gasteiger charge is 2.15. The quantitative estimate of drug-likeness (QED) is 0.610. The van der Waals surface area contributed by atoms with Crippen molar-refractivity contribution >= 4 is 12.6 Å². The summed E-state index contributed by atoms with van der Waals surface area (Å²) in [4.78, 5) is 0.